The molecule has 0 aromatic carbocycles. The summed E-state index contributed by atoms with van der Waals surface area (Å²) in [5, 5.41) is 2.90. The summed E-state index contributed by atoms with van der Waals surface area (Å²) in [6, 6.07) is 0. The van der Waals surface area contributed by atoms with Gasteiger partial charge in [-0.25, -0.2) is 0 Å². The van der Waals surface area contributed by atoms with Crippen LogP contribution in [0.5, 0.6) is 0 Å². The van der Waals surface area contributed by atoms with Crippen LogP contribution in [-0.4, -0.2) is 32.5 Å². The summed E-state index contributed by atoms with van der Waals surface area (Å²) in [6.45, 7) is 10.8. The first-order valence-electron chi connectivity index (χ1n) is 5.70. The Morgan fingerprint density at radius 3 is 2.33 bits per heavy atom. The van der Waals surface area contributed by atoms with Crippen LogP contribution in [0.1, 0.15) is 27.7 Å². The van der Waals surface area contributed by atoms with Crippen LogP contribution in [0.3, 0.4) is 0 Å². The summed E-state index contributed by atoms with van der Waals surface area (Å²) in [6.07, 6.45) is 0. The Labute approximate surface area is 100 Å². The maximum Gasteiger partial charge on any atom is 0.112 e. The zero-order chi connectivity index (χ0) is 11.7. The molecular formula is C11H22BNOS. The summed E-state index contributed by atoms with van der Waals surface area (Å²) in [7, 11) is 6.52. The number of nitrogens with one attached hydrogen (secondary N) is 1. The molecule has 1 heterocycles. The van der Waals surface area contributed by atoms with Gasteiger partial charge in [-0.15, -0.1) is 12.6 Å². The first kappa shape index (κ1) is 13.4. The monoisotopic (exact) mass is 227 g/mol. The molecule has 1 rings (SSSR count). The third kappa shape index (κ3) is 2.22. The van der Waals surface area contributed by atoms with Gasteiger partial charge in [0.15, 0.2) is 0 Å². The molecule has 1 aliphatic rings. The van der Waals surface area contributed by atoms with Crippen molar-refractivity contribution >= 4 is 20.5 Å². The lowest BCUT2D eigenvalue weighted by atomic mass is 9.55. The summed E-state index contributed by atoms with van der Waals surface area (Å²) in [5.74, 6) is 0.608. The van der Waals surface area contributed by atoms with E-state index in [1.54, 1.807) is 0 Å². The van der Waals surface area contributed by atoms with Crippen LogP contribution in [0.15, 0.2) is 0 Å². The van der Waals surface area contributed by atoms with Crippen molar-refractivity contribution in [3.05, 3.63) is 0 Å². The molecule has 1 aliphatic heterocycles. The first-order valence-corrected chi connectivity index (χ1v) is 6.15. The number of hydrogen-bond donors (Lipinski definition) is 2. The van der Waals surface area contributed by atoms with Crippen LogP contribution < -0.4 is 5.32 Å². The molecule has 15 heavy (non-hydrogen) atoms. The van der Waals surface area contributed by atoms with Gasteiger partial charge in [0, 0.05) is 6.54 Å². The molecule has 0 bridgehead atoms. The lowest BCUT2D eigenvalue weighted by Gasteiger charge is -2.50. The number of hydrogen-bond acceptors (Lipinski definition) is 3. The number of rotatable bonds is 2. The van der Waals surface area contributed by atoms with Crippen LogP contribution in [0.2, 0.25) is 5.31 Å². The van der Waals surface area contributed by atoms with Crippen molar-refractivity contribution in [1.82, 2.24) is 5.32 Å². The lowest BCUT2D eigenvalue weighted by Crippen LogP contribution is -2.50. The molecule has 0 aromatic rings. The van der Waals surface area contributed by atoms with Gasteiger partial charge in [-0.1, -0.05) is 27.7 Å². The highest BCUT2D eigenvalue weighted by Gasteiger charge is 2.50. The van der Waals surface area contributed by atoms with Gasteiger partial charge in [-0.3, -0.25) is 0 Å². The van der Waals surface area contributed by atoms with Gasteiger partial charge < -0.3 is 10.1 Å². The van der Waals surface area contributed by atoms with E-state index < -0.39 is 10.2 Å². The largest absolute Gasteiger partial charge is 0.363 e. The maximum absolute atomic E-state index is 6.52. The highest BCUT2D eigenvalue weighted by Crippen LogP contribution is 2.52. The average Bonchev–Trinajstić information content (AvgIpc) is 2.29. The quantitative estimate of drug-likeness (QED) is 0.555. The summed E-state index contributed by atoms with van der Waals surface area (Å²) in [4.78, 5) is -0.551. The second-order valence-corrected chi connectivity index (χ2v) is 5.74. The van der Waals surface area contributed by atoms with Gasteiger partial charge in [0.05, 0.1) is 14.5 Å². The van der Waals surface area contributed by atoms with E-state index in [4.69, 9.17) is 25.2 Å². The average molecular weight is 227 g/mol. The molecule has 86 valence electrons. The topological polar surface area (TPSA) is 21.3 Å². The molecule has 0 aromatic heterocycles. The van der Waals surface area contributed by atoms with E-state index in [0.29, 0.717) is 12.5 Å². The number of thiol groups is 1. The first-order chi connectivity index (χ1) is 6.84. The van der Waals surface area contributed by atoms with Crippen molar-refractivity contribution in [2.75, 3.05) is 19.7 Å². The van der Waals surface area contributed by atoms with Gasteiger partial charge in [0.2, 0.25) is 0 Å². The van der Waals surface area contributed by atoms with Crippen LogP contribution in [0.4, 0.5) is 0 Å². The fraction of sp³-hybridized carbons (Fsp3) is 1.00. The van der Waals surface area contributed by atoms with Crippen molar-refractivity contribution in [1.29, 1.82) is 0 Å². The Hall–Kier alpha value is 0.335. The molecular weight excluding hydrogens is 205 g/mol. The molecule has 2 radical (unpaired) electrons. The zero-order valence-electron chi connectivity index (χ0n) is 10.2. The molecule has 2 atom stereocenters. The van der Waals surface area contributed by atoms with Crippen molar-refractivity contribution in [2.45, 2.75) is 37.9 Å². The highest BCUT2D eigenvalue weighted by atomic mass is 32.1. The highest BCUT2D eigenvalue weighted by molar-refractivity contribution is 7.81. The predicted molar refractivity (Wildman–Crippen MR) is 68.7 cm³/mol. The van der Waals surface area contributed by atoms with Gasteiger partial charge in [-0.05, 0) is 23.7 Å². The summed E-state index contributed by atoms with van der Waals surface area (Å²) in [5.41, 5.74) is 0. The second-order valence-electron chi connectivity index (χ2n) is 5.07. The molecule has 0 aliphatic carbocycles. The Kier molecular flexibility index (Phi) is 4.18. The van der Waals surface area contributed by atoms with Crippen LogP contribution >= 0.6 is 12.6 Å². The van der Waals surface area contributed by atoms with E-state index in [1.165, 1.54) is 0 Å². The predicted octanol–water partition coefficient (Wildman–Crippen LogP) is 1.87. The minimum absolute atomic E-state index is 0.285. The zero-order valence-corrected chi connectivity index (χ0v) is 11.1. The second kappa shape index (κ2) is 4.68. The minimum atomic E-state index is -0.551. The third-order valence-corrected chi connectivity index (χ3v) is 4.56. The molecule has 2 nitrogen and oxygen atoms in total. The van der Waals surface area contributed by atoms with E-state index in [9.17, 15) is 0 Å². The molecule has 1 saturated heterocycles. The molecule has 4 heteroatoms. The Balaban J connectivity index is 3.05. The SMILES string of the molecule is [B]C1(C(C)C)CNCCO[C@@]1(S)C(C)C. The van der Waals surface area contributed by atoms with Crippen molar-refractivity contribution in [3.8, 4) is 0 Å². The summed E-state index contributed by atoms with van der Waals surface area (Å²) < 4.78 is 5.91. The Morgan fingerprint density at radius 2 is 1.87 bits per heavy atom. The normalized spacial score (nSPS) is 38.3. The Bertz CT molecular complexity index is 203. The smallest absolute Gasteiger partial charge is 0.112 e. The molecule has 1 unspecified atom stereocenters. The molecule has 1 fully saturated rings. The van der Waals surface area contributed by atoms with E-state index in [0.717, 1.165) is 13.1 Å². The standard InChI is InChI=1S/C11H22BNOS/c1-8(2)10(12)7-13-5-6-14-11(10,15)9(3)4/h8-9,13,15H,5-7H2,1-4H3/t10?,11-/m1/s1. The van der Waals surface area contributed by atoms with E-state index >= 15 is 0 Å². The van der Waals surface area contributed by atoms with Gasteiger partial charge in [-0.2, -0.15) is 0 Å². The van der Waals surface area contributed by atoms with Crippen LogP contribution in [0.25, 0.3) is 0 Å². The van der Waals surface area contributed by atoms with E-state index in [2.05, 4.69) is 33.0 Å². The van der Waals surface area contributed by atoms with Crippen LogP contribution in [0, 0.1) is 11.8 Å². The van der Waals surface area contributed by atoms with Crippen molar-refractivity contribution in [3.63, 3.8) is 0 Å². The summed E-state index contributed by atoms with van der Waals surface area (Å²) >= 11 is 4.75. The van der Waals surface area contributed by atoms with Gasteiger partial charge in [0.1, 0.15) is 4.93 Å². The van der Waals surface area contributed by atoms with E-state index in [-0.39, 0.29) is 5.92 Å². The minimum Gasteiger partial charge on any atom is -0.363 e. The molecule has 1 N–H and O–H groups in total. The fourth-order valence-electron chi connectivity index (χ4n) is 2.16. The molecule has 0 amide bonds. The lowest BCUT2D eigenvalue weighted by molar-refractivity contribution is -0.0332. The van der Waals surface area contributed by atoms with Crippen molar-refractivity contribution < 1.29 is 4.74 Å². The fourth-order valence-corrected chi connectivity index (χ4v) is 2.59. The third-order valence-electron chi connectivity index (χ3n) is 3.50. The molecule has 0 saturated carbocycles. The maximum atomic E-state index is 6.52. The number of ether oxygens (including phenoxy) is 1. The van der Waals surface area contributed by atoms with Gasteiger partial charge >= 0.3 is 0 Å². The van der Waals surface area contributed by atoms with Gasteiger partial charge in [0.25, 0.3) is 0 Å². The Morgan fingerprint density at radius 1 is 1.27 bits per heavy atom. The van der Waals surface area contributed by atoms with Crippen molar-refractivity contribution in [2.24, 2.45) is 11.8 Å². The van der Waals surface area contributed by atoms with E-state index in [1.807, 2.05) is 0 Å². The molecule has 0 spiro atoms. The van der Waals surface area contributed by atoms with Crippen LogP contribution in [-0.2, 0) is 4.74 Å².